The van der Waals surface area contributed by atoms with Crippen molar-refractivity contribution in [3.05, 3.63) is 12.3 Å². The van der Waals surface area contributed by atoms with Gasteiger partial charge >= 0.3 is 7.75 Å². The number of nitrogens with zero attached hydrogens (tertiary/aromatic N) is 1. The third kappa shape index (κ3) is 2.18. The molecule has 0 radical (unpaired) electrons. The standard InChI is InChI=1S/C3H6N3O3P/c7-10(8,9)6-3-1-2-4-5-3/h1-2H,(H4,4,5,6,7,8,9). The van der Waals surface area contributed by atoms with Crippen molar-refractivity contribution in [1.82, 2.24) is 10.2 Å². The van der Waals surface area contributed by atoms with Gasteiger partial charge < -0.3 is 9.79 Å². The van der Waals surface area contributed by atoms with Gasteiger partial charge in [0.05, 0.1) is 6.20 Å². The van der Waals surface area contributed by atoms with Crippen LogP contribution in [0.15, 0.2) is 12.3 Å². The lowest BCUT2D eigenvalue weighted by Gasteiger charge is -2.02. The van der Waals surface area contributed by atoms with Gasteiger partial charge in [-0.3, -0.25) is 10.2 Å². The van der Waals surface area contributed by atoms with Crippen LogP contribution in [0.3, 0.4) is 0 Å². The van der Waals surface area contributed by atoms with Crippen molar-refractivity contribution in [2.24, 2.45) is 0 Å². The molecular formula is C3H6N3O3P. The SMILES string of the molecule is O=P(O)(O)Nc1ccn[nH]1. The molecule has 1 rings (SSSR count). The number of rotatable bonds is 2. The Bertz CT molecular complexity index is 240. The van der Waals surface area contributed by atoms with E-state index in [1.165, 1.54) is 12.3 Å². The number of aromatic amines is 1. The van der Waals surface area contributed by atoms with E-state index in [0.717, 1.165) is 0 Å². The second-order valence-corrected chi connectivity index (χ2v) is 2.94. The highest BCUT2D eigenvalue weighted by Crippen LogP contribution is 2.33. The van der Waals surface area contributed by atoms with Crippen molar-refractivity contribution in [1.29, 1.82) is 0 Å². The molecule has 0 atom stereocenters. The number of H-pyrrole nitrogens is 1. The molecule has 0 aliphatic carbocycles. The molecule has 0 spiro atoms. The number of hydrogen-bond donors (Lipinski definition) is 4. The first-order valence-corrected chi connectivity index (χ1v) is 4.02. The normalized spacial score (nSPS) is 11.4. The van der Waals surface area contributed by atoms with Gasteiger partial charge in [0, 0.05) is 6.07 Å². The molecule has 10 heavy (non-hydrogen) atoms. The predicted octanol–water partition coefficient (Wildman–Crippen LogP) is -0.0857. The molecule has 7 heteroatoms. The van der Waals surface area contributed by atoms with Gasteiger partial charge in [-0.1, -0.05) is 0 Å². The maximum Gasteiger partial charge on any atom is 0.428 e. The van der Waals surface area contributed by atoms with Gasteiger partial charge in [-0.25, -0.2) is 4.57 Å². The minimum atomic E-state index is -4.18. The molecular weight excluding hydrogens is 157 g/mol. The van der Waals surface area contributed by atoms with Crippen LogP contribution in [0.5, 0.6) is 0 Å². The van der Waals surface area contributed by atoms with E-state index in [2.05, 4.69) is 10.2 Å². The first kappa shape index (κ1) is 7.27. The summed E-state index contributed by atoms with van der Waals surface area (Å²) in [4.78, 5) is 16.7. The molecule has 0 aliphatic rings. The largest absolute Gasteiger partial charge is 0.428 e. The van der Waals surface area contributed by atoms with Gasteiger partial charge in [0.1, 0.15) is 5.82 Å². The van der Waals surface area contributed by atoms with Crippen molar-refractivity contribution < 1.29 is 14.4 Å². The Morgan fingerprint density at radius 3 is 2.80 bits per heavy atom. The summed E-state index contributed by atoms with van der Waals surface area (Å²) < 4.78 is 10.2. The quantitative estimate of drug-likeness (QED) is 0.457. The highest BCUT2D eigenvalue weighted by atomic mass is 31.2. The summed E-state index contributed by atoms with van der Waals surface area (Å²) in [6.07, 6.45) is 1.39. The Labute approximate surface area is 56.5 Å². The van der Waals surface area contributed by atoms with E-state index in [4.69, 9.17) is 9.79 Å². The Balaban J connectivity index is 2.66. The van der Waals surface area contributed by atoms with Crippen LogP contribution in [-0.2, 0) is 4.57 Å². The molecule has 0 saturated carbocycles. The van der Waals surface area contributed by atoms with Crippen LogP contribution >= 0.6 is 7.75 Å². The van der Waals surface area contributed by atoms with E-state index in [9.17, 15) is 4.57 Å². The van der Waals surface area contributed by atoms with Crippen LogP contribution < -0.4 is 5.09 Å². The molecule has 1 aromatic heterocycles. The molecule has 1 heterocycles. The topological polar surface area (TPSA) is 98.2 Å². The van der Waals surface area contributed by atoms with E-state index in [1.54, 1.807) is 0 Å². The monoisotopic (exact) mass is 163 g/mol. The zero-order valence-electron chi connectivity index (χ0n) is 4.85. The summed E-state index contributed by atoms with van der Waals surface area (Å²) >= 11 is 0. The average molecular weight is 163 g/mol. The van der Waals surface area contributed by atoms with E-state index in [-0.39, 0.29) is 5.82 Å². The molecule has 0 unspecified atom stereocenters. The van der Waals surface area contributed by atoms with Crippen LogP contribution in [0.2, 0.25) is 0 Å². The lowest BCUT2D eigenvalue weighted by Crippen LogP contribution is -1.94. The van der Waals surface area contributed by atoms with E-state index < -0.39 is 7.75 Å². The van der Waals surface area contributed by atoms with Crippen LogP contribution in [0.25, 0.3) is 0 Å². The zero-order chi connectivity index (χ0) is 7.61. The highest BCUT2D eigenvalue weighted by molar-refractivity contribution is 7.53. The van der Waals surface area contributed by atoms with Crippen molar-refractivity contribution in [3.63, 3.8) is 0 Å². The fraction of sp³-hybridized carbons (Fsp3) is 0. The fourth-order valence-corrected chi connectivity index (χ4v) is 0.913. The number of hydrogen-bond acceptors (Lipinski definition) is 2. The summed E-state index contributed by atoms with van der Waals surface area (Å²) in [7, 11) is -4.18. The number of anilines is 1. The molecule has 0 fully saturated rings. The van der Waals surface area contributed by atoms with Crippen LogP contribution in [0, 0.1) is 0 Å². The Kier molecular flexibility index (Phi) is 1.76. The van der Waals surface area contributed by atoms with Crippen LogP contribution in [-0.4, -0.2) is 20.0 Å². The van der Waals surface area contributed by atoms with Crippen LogP contribution in [0.4, 0.5) is 5.82 Å². The molecule has 0 saturated heterocycles. The van der Waals surface area contributed by atoms with Gasteiger partial charge in [-0.2, -0.15) is 5.10 Å². The molecule has 4 N–H and O–H groups in total. The molecule has 0 aliphatic heterocycles. The Hall–Kier alpha value is -0.840. The maximum absolute atomic E-state index is 10.2. The van der Waals surface area contributed by atoms with Gasteiger partial charge in [-0.15, -0.1) is 0 Å². The predicted molar refractivity (Wildman–Crippen MR) is 34.3 cm³/mol. The maximum atomic E-state index is 10.2. The third-order valence-electron chi connectivity index (χ3n) is 0.767. The van der Waals surface area contributed by atoms with Crippen molar-refractivity contribution in [3.8, 4) is 0 Å². The molecule has 0 amide bonds. The van der Waals surface area contributed by atoms with E-state index in [1.807, 2.05) is 5.09 Å². The van der Waals surface area contributed by atoms with E-state index in [0.29, 0.717) is 0 Å². The van der Waals surface area contributed by atoms with Gasteiger partial charge in [-0.05, 0) is 0 Å². The molecule has 0 bridgehead atoms. The second-order valence-electron chi connectivity index (χ2n) is 1.63. The van der Waals surface area contributed by atoms with Crippen molar-refractivity contribution in [2.45, 2.75) is 0 Å². The molecule has 6 nitrogen and oxygen atoms in total. The molecule has 56 valence electrons. The van der Waals surface area contributed by atoms with Crippen LogP contribution in [0.1, 0.15) is 0 Å². The second kappa shape index (κ2) is 2.42. The Morgan fingerprint density at radius 1 is 1.70 bits per heavy atom. The fourth-order valence-electron chi connectivity index (χ4n) is 0.475. The zero-order valence-corrected chi connectivity index (χ0v) is 5.75. The Morgan fingerprint density at radius 2 is 2.40 bits per heavy atom. The van der Waals surface area contributed by atoms with Crippen molar-refractivity contribution in [2.75, 3.05) is 5.09 Å². The van der Waals surface area contributed by atoms with Gasteiger partial charge in [0.25, 0.3) is 0 Å². The highest BCUT2D eigenvalue weighted by Gasteiger charge is 2.11. The van der Waals surface area contributed by atoms with E-state index >= 15 is 0 Å². The third-order valence-corrected chi connectivity index (χ3v) is 1.30. The van der Waals surface area contributed by atoms with Gasteiger partial charge in [0.2, 0.25) is 0 Å². The molecule has 1 aromatic rings. The summed E-state index contributed by atoms with van der Waals surface area (Å²) in [6.45, 7) is 0. The molecule has 0 aromatic carbocycles. The lowest BCUT2D eigenvalue weighted by molar-refractivity contribution is 0.380. The first-order valence-electron chi connectivity index (χ1n) is 2.41. The number of nitrogens with one attached hydrogen (secondary N) is 2. The number of aromatic nitrogens is 2. The average Bonchev–Trinajstić information content (AvgIpc) is 2.12. The summed E-state index contributed by atoms with van der Waals surface area (Å²) in [5.41, 5.74) is 0. The van der Waals surface area contributed by atoms with Gasteiger partial charge in [0.15, 0.2) is 0 Å². The summed E-state index contributed by atoms with van der Waals surface area (Å²) in [6, 6.07) is 1.42. The summed E-state index contributed by atoms with van der Waals surface area (Å²) in [5.74, 6) is 0.202. The lowest BCUT2D eigenvalue weighted by atomic mass is 10.7. The minimum Gasteiger partial charge on any atom is -0.308 e. The summed E-state index contributed by atoms with van der Waals surface area (Å²) in [5, 5.41) is 7.73. The smallest absolute Gasteiger partial charge is 0.308 e. The van der Waals surface area contributed by atoms with Crippen molar-refractivity contribution >= 4 is 13.6 Å². The minimum absolute atomic E-state index is 0.202. The first-order chi connectivity index (χ1) is 4.58.